The highest BCUT2D eigenvalue weighted by Crippen LogP contribution is 2.36. The number of anilines is 3. The molecule has 11 heteroatoms. The molecule has 1 aromatic heterocycles. The van der Waals surface area contributed by atoms with Gasteiger partial charge in [0.15, 0.2) is 17.2 Å². The molecule has 0 atom stereocenters. The fraction of sp³-hybridized carbons (Fsp3) is 0.235. The number of sulfonamides is 1. The first-order chi connectivity index (χ1) is 13.0. The van der Waals surface area contributed by atoms with Gasteiger partial charge in [-0.05, 0) is 50.2 Å². The molecule has 0 bridgehead atoms. The Bertz CT molecular complexity index is 1050. The second kappa shape index (κ2) is 6.77. The maximum Gasteiger partial charge on any atom is 0.272 e. The molecule has 2 amide bonds. The van der Waals surface area contributed by atoms with Crippen molar-refractivity contribution >= 4 is 39.2 Å². The maximum absolute atomic E-state index is 12.7. The highest BCUT2D eigenvalue weighted by atomic mass is 32.2. The number of pyridine rings is 1. The number of hydrogen-bond donors (Lipinski definition) is 3. The van der Waals surface area contributed by atoms with E-state index in [1.165, 1.54) is 35.2 Å². The minimum absolute atomic E-state index is 0.0794. The molecule has 2 aromatic rings. The van der Waals surface area contributed by atoms with Gasteiger partial charge in [0.2, 0.25) is 15.9 Å². The summed E-state index contributed by atoms with van der Waals surface area (Å²) < 4.78 is 28.2. The van der Waals surface area contributed by atoms with E-state index in [0.29, 0.717) is 11.4 Å². The Morgan fingerprint density at radius 2 is 1.86 bits per heavy atom. The van der Waals surface area contributed by atoms with Crippen molar-refractivity contribution in [2.45, 2.75) is 24.3 Å². The predicted molar refractivity (Wildman–Crippen MR) is 102 cm³/mol. The summed E-state index contributed by atoms with van der Waals surface area (Å²) in [5.41, 5.74) is 4.86. The Morgan fingerprint density at radius 3 is 2.46 bits per heavy atom. The summed E-state index contributed by atoms with van der Waals surface area (Å²) in [5.74, 6) is -0.283. The lowest BCUT2D eigenvalue weighted by Crippen LogP contribution is -2.54. The van der Waals surface area contributed by atoms with E-state index in [4.69, 9.17) is 15.6 Å². The number of primary sulfonamides is 1. The predicted octanol–water partition coefficient (Wildman–Crippen LogP) is 0.454. The molecule has 0 saturated heterocycles. The van der Waals surface area contributed by atoms with Crippen LogP contribution >= 0.6 is 0 Å². The van der Waals surface area contributed by atoms with Gasteiger partial charge in [0.05, 0.1) is 4.90 Å². The minimum atomic E-state index is -3.83. The van der Waals surface area contributed by atoms with E-state index in [-0.39, 0.29) is 23.1 Å². The van der Waals surface area contributed by atoms with E-state index in [1.54, 1.807) is 19.9 Å². The largest absolute Gasteiger partial charge is 0.474 e. The van der Waals surface area contributed by atoms with Crippen LogP contribution in [0.4, 0.5) is 17.3 Å². The third-order valence-electron chi connectivity index (χ3n) is 4.01. The lowest BCUT2D eigenvalue weighted by molar-refractivity contribution is -0.133. The van der Waals surface area contributed by atoms with Crippen LogP contribution in [0.1, 0.15) is 13.8 Å². The van der Waals surface area contributed by atoms with E-state index in [0.717, 1.165) is 0 Å². The number of nitrogen functional groups attached to an aromatic ring is 1. The molecular formula is C17H19N5O5S. The number of nitrogens with two attached hydrogens (primary N) is 2. The van der Waals surface area contributed by atoms with E-state index < -0.39 is 27.4 Å². The van der Waals surface area contributed by atoms with Gasteiger partial charge in [-0.15, -0.1) is 0 Å². The van der Waals surface area contributed by atoms with Crippen LogP contribution in [0.15, 0.2) is 41.3 Å². The van der Waals surface area contributed by atoms with Gasteiger partial charge < -0.3 is 15.8 Å². The van der Waals surface area contributed by atoms with Crippen molar-refractivity contribution < 1.29 is 22.7 Å². The van der Waals surface area contributed by atoms with Crippen molar-refractivity contribution in [2.75, 3.05) is 22.5 Å². The molecule has 0 aliphatic carbocycles. The monoisotopic (exact) mass is 405 g/mol. The second-order valence-electron chi connectivity index (χ2n) is 6.68. The minimum Gasteiger partial charge on any atom is -0.474 e. The van der Waals surface area contributed by atoms with Gasteiger partial charge in [-0.1, -0.05) is 0 Å². The lowest BCUT2D eigenvalue weighted by atomic mass is 10.1. The summed E-state index contributed by atoms with van der Waals surface area (Å²) in [5, 5.41) is 7.63. The number of hydrogen-bond acceptors (Lipinski definition) is 7. The molecule has 10 nitrogen and oxygen atoms in total. The summed E-state index contributed by atoms with van der Waals surface area (Å²) in [6, 6.07) is 8.45. The fourth-order valence-corrected chi connectivity index (χ4v) is 3.20. The Morgan fingerprint density at radius 1 is 1.21 bits per heavy atom. The zero-order valence-electron chi connectivity index (χ0n) is 15.2. The fourth-order valence-electron chi connectivity index (χ4n) is 2.68. The Kier molecular flexibility index (Phi) is 4.73. The number of carbonyl (C=O) groups is 2. The summed E-state index contributed by atoms with van der Waals surface area (Å²) in [6.07, 6.45) is 0. The van der Waals surface area contributed by atoms with E-state index in [1.807, 2.05) is 0 Å². The van der Waals surface area contributed by atoms with Crippen molar-refractivity contribution in [3.05, 3.63) is 36.4 Å². The molecule has 5 N–H and O–H groups in total. The van der Waals surface area contributed by atoms with Crippen LogP contribution in [0.3, 0.4) is 0 Å². The highest BCUT2D eigenvalue weighted by Gasteiger charge is 2.42. The molecule has 2 heterocycles. The third kappa shape index (κ3) is 3.89. The number of benzene rings is 1. The van der Waals surface area contributed by atoms with Crippen LogP contribution in [0.25, 0.3) is 0 Å². The molecule has 3 rings (SSSR count). The van der Waals surface area contributed by atoms with E-state index >= 15 is 0 Å². The summed E-state index contributed by atoms with van der Waals surface area (Å²) in [7, 11) is -3.83. The van der Waals surface area contributed by atoms with Gasteiger partial charge in [0, 0.05) is 5.69 Å². The summed E-state index contributed by atoms with van der Waals surface area (Å²) in [6.45, 7) is 2.85. The molecule has 0 fully saturated rings. The van der Waals surface area contributed by atoms with Crippen molar-refractivity contribution in [3.63, 3.8) is 0 Å². The van der Waals surface area contributed by atoms with Gasteiger partial charge in [-0.25, -0.2) is 18.5 Å². The van der Waals surface area contributed by atoms with Crippen LogP contribution in [-0.4, -0.2) is 37.4 Å². The van der Waals surface area contributed by atoms with Crippen LogP contribution in [0, 0.1) is 0 Å². The zero-order chi connectivity index (χ0) is 20.7. The number of carbonyl (C=O) groups excluding carboxylic acids is 2. The van der Waals surface area contributed by atoms with Gasteiger partial charge in [0.25, 0.3) is 5.91 Å². The Labute approximate surface area is 161 Å². The average Bonchev–Trinajstić information content (AvgIpc) is 2.59. The van der Waals surface area contributed by atoms with Crippen molar-refractivity contribution in [1.29, 1.82) is 0 Å². The van der Waals surface area contributed by atoms with Gasteiger partial charge in [-0.2, -0.15) is 0 Å². The molecule has 1 aliphatic heterocycles. The number of amides is 2. The number of ether oxygens (including phenoxy) is 1. The standard InChI is InChI=1S/C17H19N5O5S/c1-17(2)16(24)22(15-12(27-17)7-8-13(18)21-15)9-14(23)20-10-3-5-11(6-4-10)28(19,25)26/h3-8H,9H2,1-2H3,(H2,18,21)(H,20,23)(H2,19,25,26). The summed E-state index contributed by atoms with van der Waals surface area (Å²) in [4.78, 5) is 30.4. The normalized spacial score (nSPS) is 15.5. The number of aromatic nitrogens is 1. The average molecular weight is 405 g/mol. The molecule has 1 aromatic carbocycles. The third-order valence-corrected chi connectivity index (χ3v) is 4.94. The first-order valence-corrected chi connectivity index (χ1v) is 9.72. The quantitative estimate of drug-likeness (QED) is 0.666. The zero-order valence-corrected chi connectivity index (χ0v) is 16.0. The number of nitrogens with zero attached hydrogens (tertiary/aromatic N) is 2. The van der Waals surface area contributed by atoms with Gasteiger partial charge in [0.1, 0.15) is 12.4 Å². The highest BCUT2D eigenvalue weighted by molar-refractivity contribution is 7.89. The molecule has 0 saturated carbocycles. The molecule has 28 heavy (non-hydrogen) atoms. The maximum atomic E-state index is 12.7. The van der Waals surface area contributed by atoms with Crippen molar-refractivity contribution in [1.82, 2.24) is 4.98 Å². The Hall–Kier alpha value is -3.18. The van der Waals surface area contributed by atoms with Crippen molar-refractivity contribution in [3.8, 4) is 5.75 Å². The van der Waals surface area contributed by atoms with Gasteiger partial charge in [-0.3, -0.25) is 14.5 Å². The Balaban J connectivity index is 1.81. The van der Waals surface area contributed by atoms with Crippen LogP contribution < -0.4 is 25.8 Å². The molecular weight excluding hydrogens is 386 g/mol. The molecule has 1 aliphatic rings. The number of rotatable bonds is 4. The molecule has 0 radical (unpaired) electrons. The summed E-state index contributed by atoms with van der Waals surface area (Å²) >= 11 is 0. The number of nitrogens with one attached hydrogen (secondary N) is 1. The van der Waals surface area contributed by atoms with Crippen LogP contribution in [0.5, 0.6) is 5.75 Å². The van der Waals surface area contributed by atoms with Crippen LogP contribution in [0.2, 0.25) is 0 Å². The lowest BCUT2D eigenvalue weighted by Gasteiger charge is -2.37. The first-order valence-electron chi connectivity index (χ1n) is 8.17. The van der Waals surface area contributed by atoms with E-state index in [2.05, 4.69) is 10.3 Å². The van der Waals surface area contributed by atoms with Crippen molar-refractivity contribution in [2.24, 2.45) is 5.14 Å². The molecule has 0 unspecified atom stereocenters. The topological polar surface area (TPSA) is 158 Å². The smallest absolute Gasteiger partial charge is 0.272 e. The SMILES string of the molecule is CC1(C)Oc2ccc(N)nc2N(CC(=O)Nc2ccc(S(N)(=O)=O)cc2)C1=O. The molecule has 0 spiro atoms. The first kappa shape index (κ1) is 19.6. The second-order valence-corrected chi connectivity index (χ2v) is 8.24. The number of fused-ring (bicyclic) bond motifs is 1. The molecule has 148 valence electrons. The van der Waals surface area contributed by atoms with E-state index in [9.17, 15) is 18.0 Å². The van der Waals surface area contributed by atoms with Gasteiger partial charge >= 0.3 is 0 Å². The van der Waals surface area contributed by atoms with Crippen LogP contribution in [-0.2, 0) is 19.6 Å².